The molecule has 1 aromatic carbocycles. The molecule has 1 saturated carbocycles. The highest BCUT2D eigenvalue weighted by Gasteiger charge is 2.87. The summed E-state index contributed by atoms with van der Waals surface area (Å²) in [5, 5.41) is 3.17. The Morgan fingerprint density at radius 2 is 1.81 bits per heavy atom. The van der Waals surface area contributed by atoms with Gasteiger partial charge < -0.3 is 10.2 Å². The Morgan fingerprint density at radius 3 is 2.41 bits per heavy atom. The van der Waals surface area contributed by atoms with E-state index in [-0.39, 0.29) is 22.3 Å². The van der Waals surface area contributed by atoms with Crippen LogP contribution in [0.2, 0.25) is 0 Å². The van der Waals surface area contributed by atoms with Crippen molar-refractivity contribution in [3.8, 4) is 0 Å². The first-order valence-corrected chi connectivity index (χ1v) is 10.4. The molecule has 2 heterocycles. The maximum atomic E-state index is 13.2. The van der Waals surface area contributed by atoms with Crippen molar-refractivity contribution in [3.05, 3.63) is 30.3 Å². The van der Waals surface area contributed by atoms with Gasteiger partial charge in [-0.25, -0.2) is 0 Å². The lowest BCUT2D eigenvalue weighted by molar-refractivity contribution is -0.122. The van der Waals surface area contributed by atoms with Crippen molar-refractivity contribution in [2.75, 3.05) is 24.7 Å². The molecule has 3 fully saturated rings. The van der Waals surface area contributed by atoms with Crippen LogP contribution in [-0.2, 0) is 4.79 Å². The van der Waals surface area contributed by atoms with E-state index >= 15 is 0 Å². The molecule has 0 aromatic heterocycles. The summed E-state index contributed by atoms with van der Waals surface area (Å²) in [6.45, 7) is 16.8. The van der Waals surface area contributed by atoms with Gasteiger partial charge in [-0.3, -0.25) is 9.69 Å². The SMILES string of the molecule is CC(C)(C)N1CCC(C[C@]2(C)C(C)(C)C23C(=O)NCN3c2ccccc2)C1. The fourth-order valence-electron chi connectivity index (χ4n) is 6.33. The largest absolute Gasteiger partial charge is 0.338 e. The number of carbonyl (C=O) groups is 1. The molecule has 4 rings (SSSR count). The standard InChI is InChI=1S/C23H35N3O/c1-20(2,3)25-13-12-17(15-25)14-22(6)21(4,5)23(22)19(27)24-16-26(23)18-10-8-7-9-11-18/h7-11,17H,12-16H2,1-6H3,(H,24,27)/t17?,22-,23?/m1/s1. The minimum absolute atomic E-state index is 0.0189. The number of benzene rings is 1. The second-order valence-corrected chi connectivity index (χ2v) is 10.6. The molecule has 2 unspecified atom stereocenters. The third kappa shape index (κ3) is 2.35. The summed E-state index contributed by atoms with van der Waals surface area (Å²) in [4.78, 5) is 18.2. The smallest absolute Gasteiger partial charge is 0.248 e. The molecule has 0 radical (unpaired) electrons. The van der Waals surface area contributed by atoms with E-state index in [1.807, 2.05) is 6.07 Å². The number of nitrogens with zero attached hydrogens (tertiary/aromatic N) is 2. The molecule has 1 amide bonds. The lowest BCUT2D eigenvalue weighted by atomic mass is 9.85. The number of amides is 1. The summed E-state index contributed by atoms with van der Waals surface area (Å²) < 4.78 is 0. The predicted molar refractivity (Wildman–Crippen MR) is 111 cm³/mol. The van der Waals surface area contributed by atoms with Gasteiger partial charge in [0.15, 0.2) is 0 Å². The topological polar surface area (TPSA) is 35.6 Å². The average Bonchev–Trinajstić information content (AvgIpc) is 3.05. The second kappa shape index (κ2) is 5.73. The van der Waals surface area contributed by atoms with Gasteiger partial charge in [0.25, 0.3) is 0 Å². The fourth-order valence-corrected chi connectivity index (χ4v) is 6.33. The number of rotatable bonds is 3. The maximum Gasteiger partial charge on any atom is 0.248 e. The van der Waals surface area contributed by atoms with Crippen LogP contribution in [0.5, 0.6) is 0 Å². The van der Waals surface area contributed by atoms with E-state index < -0.39 is 5.54 Å². The zero-order chi connectivity index (χ0) is 19.7. The van der Waals surface area contributed by atoms with Gasteiger partial charge in [0, 0.05) is 28.6 Å². The molecule has 1 spiro atoms. The number of anilines is 1. The summed E-state index contributed by atoms with van der Waals surface area (Å²) in [7, 11) is 0. The number of hydrogen-bond donors (Lipinski definition) is 1. The van der Waals surface area contributed by atoms with Crippen molar-refractivity contribution >= 4 is 11.6 Å². The first kappa shape index (κ1) is 18.8. The van der Waals surface area contributed by atoms with Crippen LogP contribution in [0.1, 0.15) is 54.4 Å². The first-order chi connectivity index (χ1) is 12.6. The van der Waals surface area contributed by atoms with E-state index in [9.17, 15) is 4.79 Å². The number of para-hydroxylation sites is 1. The molecule has 2 saturated heterocycles. The van der Waals surface area contributed by atoms with Crippen LogP contribution in [0, 0.1) is 16.7 Å². The minimum Gasteiger partial charge on any atom is -0.338 e. The third-order valence-corrected chi connectivity index (χ3v) is 8.15. The Balaban J connectivity index is 1.62. The zero-order valence-electron chi connectivity index (χ0n) is 17.8. The van der Waals surface area contributed by atoms with Gasteiger partial charge in [-0.1, -0.05) is 39.0 Å². The molecule has 148 valence electrons. The van der Waals surface area contributed by atoms with Crippen LogP contribution in [0.15, 0.2) is 30.3 Å². The van der Waals surface area contributed by atoms with E-state index in [4.69, 9.17) is 0 Å². The van der Waals surface area contributed by atoms with Gasteiger partial charge in [0.05, 0.1) is 6.67 Å². The summed E-state index contributed by atoms with van der Waals surface area (Å²) in [6.07, 6.45) is 2.36. The number of carbonyl (C=O) groups excluding carboxylic acids is 1. The van der Waals surface area contributed by atoms with Gasteiger partial charge in [-0.05, 0) is 58.2 Å². The van der Waals surface area contributed by atoms with Crippen molar-refractivity contribution < 1.29 is 4.79 Å². The van der Waals surface area contributed by atoms with Crippen LogP contribution in [0.4, 0.5) is 5.69 Å². The average molecular weight is 370 g/mol. The molecule has 27 heavy (non-hydrogen) atoms. The number of likely N-dealkylation sites (tertiary alicyclic amines) is 1. The van der Waals surface area contributed by atoms with Crippen LogP contribution < -0.4 is 10.2 Å². The van der Waals surface area contributed by atoms with E-state index in [1.54, 1.807) is 0 Å². The molecule has 1 N–H and O–H groups in total. The molecule has 1 aromatic rings. The van der Waals surface area contributed by atoms with Crippen molar-refractivity contribution in [3.63, 3.8) is 0 Å². The van der Waals surface area contributed by atoms with Gasteiger partial charge in [0.2, 0.25) is 5.91 Å². The highest BCUT2D eigenvalue weighted by Crippen LogP contribution is 2.77. The van der Waals surface area contributed by atoms with Crippen LogP contribution in [0.3, 0.4) is 0 Å². The van der Waals surface area contributed by atoms with Crippen LogP contribution >= 0.6 is 0 Å². The highest BCUT2D eigenvalue weighted by atomic mass is 16.2. The van der Waals surface area contributed by atoms with Gasteiger partial charge >= 0.3 is 0 Å². The Labute approximate surface area is 164 Å². The Morgan fingerprint density at radius 1 is 1.15 bits per heavy atom. The number of hydrogen-bond acceptors (Lipinski definition) is 3. The minimum atomic E-state index is -0.434. The van der Waals surface area contributed by atoms with E-state index in [0.29, 0.717) is 12.6 Å². The summed E-state index contributed by atoms with van der Waals surface area (Å²) in [5.41, 5.74) is 0.875. The molecule has 3 aliphatic rings. The van der Waals surface area contributed by atoms with Gasteiger partial charge in [-0.2, -0.15) is 0 Å². The summed E-state index contributed by atoms with van der Waals surface area (Å²) in [5.74, 6) is 0.878. The molecular weight excluding hydrogens is 334 g/mol. The highest BCUT2D eigenvalue weighted by molar-refractivity contribution is 6.00. The third-order valence-electron chi connectivity index (χ3n) is 8.15. The Hall–Kier alpha value is -1.55. The Kier molecular flexibility index (Phi) is 3.99. The second-order valence-electron chi connectivity index (χ2n) is 10.6. The van der Waals surface area contributed by atoms with Crippen molar-refractivity contribution in [1.29, 1.82) is 0 Å². The molecule has 3 atom stereocenters. The zero-order valence-corrected chi connectivity index (χ0v) is 17.8. The summed E-state index contributed by atoms with van der Waals surface area (Å²) >= 11 is 0. The fraction of sp³-hybridized carbons (Fsp3) is 0.696. The van der Waals surface area contributed by atoms with E-state index in [1.165, 1.54) is 13.0 Å². The molecule has 4 heteroatoms. The molecule has 1 aliphatic carbocycles. The van der Waals surface area contributed by atoms with Gasteiger partial charge in [0.1, 0.15) is 5.54 Å². The summed E-state index contributed by atoms with van der Waals surface area (Å²) in [6, 6.07) is 10.4. The Bertz CT molecular complexity index is 738. The lowest BCUT2D eigenvalue weighted by Crippen LogP contribution is -2.43. The van der Waals surface area contributed by atoms with Crippen LogP contribution in [0.25, 0.3) is 0 Å². The van der Waals surface area contributed by atoms with E-state index in [0.717, 1.165) is 18.7 Å². The normalized spacial score (nSPS) is 35.7. The molecular formula is C23H35N3O. The predicted octanol–water partition coefficient (Wildman–Crippen LogP) is 3.88. The molecule has 2 aliphatic heterocycles. The van der Waals surface area contributed by atoms with Crippen molar-refractivity contribution in [1.82, 2.24) is 10.2 Å². The molecule has 4 nitrogen and oxygen atoms in total. The lowest BCUT2D eigenvalue weighted by Gasteiger charge is -2.32. The van der Waals surface area contributed by atoms with Crippen molar-refractivity contribution in [2.45, 2.75) is 65.5 Å². The van der Waals surface area contributed by atoms with Gasteiger partial charge in [-0.15, -0.1) is 0 Å². The van der Waals surface area contributed by atoms with Crippen LogP contribution in [-0.4, -0.2) is 41.6 Å². The monoisotopic (exact) mass is 369 g/mol. The maximum absolute atomic E-state index is 13.2. The quantitative estimate of drug-likeness (QED) is 0.878. The number of nitrogens with one attached hydrogen (secondary N) is 1. The van der Waals surface area contributed by atoms with Crippen molar-refractivity contribution in [2.24, 2.45) is 16.7 Å². The van der Waals surface area contributed by atoms with E-state index in [2.05, 4.69) is 80.9 Å². The molecule has 0 bridgehead atoms. The first-order valence-electron chi connectivity index (χ1n) is 10.4.